The molecule has 1 aromatic carbocycles. The van der Waals surface area contributed by atoms with E-state index in [9.17, 15) is 0 Å². The summed E-state index contributed by atoms with van der Waals surface area (Å²) in [4.78, 5) is 9.51. The maximum absolute atomic E-state index is 6.00. The first-order chi connectivity index (χ1) is 8.06. The predicted molar refractivity (Wildman–Crippen MR) is 71.5 cm³/mol. The van der Waals surface area contributed by atoms with Gasteiger partial charge in [0.25, 0.3) is 0 Å². The number of rotatable bonds is 2. The molecule has 5 heteroatoms. The summed E-state index contributed by atoms with van der Waals surface area (Å²) in [6, 6.07) is 3.71. The van der Waals surface area contributed by atoms with E-state index < -0.39 is 0 Å². The molecule has 1 aromatic heterocycles. The lowest BCUT2D eigenvalue weighted by Crippen LogP contribution is -1.91. The molecular formula is C12H12ClN3S. The molecule has 0 radical (unpaired) electrons. The fourth-order valence-corrected chi connectivity index (χ4v) is 2.36. The maximum Gasteiger partial charge on any atom is 0.192 e. The van der Waals surface area contributed by atoms with E-state index >= 15 is 0 Å². The molecule has 2 aromatic rings. The van der Waals surface area contributed by atoms with Crippen molar-refractivity contribution in [1.29, 1.82) is 0 Å². The van der Waals surface area contributed by atoms with E-state index in [1.165, 1.54) is 11.8 Å². The molecule has 0 unspecified atom stereocenters. The highest BCUT2D eigenvalue weighted by Gasteiger charge is 2.07. The van der Waals surface area contributed by atoms with Crippen LogP contribution >= 0.6 is 23.4 Å². The van der Waals surface area contributed by atoms with E-state index in [1.54, 1.807) is 12.4 Å². The molecule has 0 aliphatic rings. The smallest absolute Gasteiger partial charge is 0.192 e. The van der Waals surface area contributed by atoms with Crippen LogP contribution in [0.15, 0.2) is 34.6 Å². The van der Waals surface area contributed by atoms with Crippen molar-refractivity contribution < 1.29 is 0 Å². The summed E-state index contributed by atoms with van der Waals surface area (Å²) in [6.07, 6.45) is 3.59. The van der Waals surface area contributed by atoms with E-state index in [2.05, 4.69) is 9.97 Å². The highest BCUT2D eigenvalue weighted by Crippen LogP contribution is 2.32. The number of halogens is 1. The van der Waals surface area contributed by atoms with E-state index in [-0.39, 0.29) is 0 Å². The Hall–Kier alpha value is -1.26. The fraction of sp³-hybridized carbons (Fsp3) is 0.167. The van der Waals surface area contributed by atoms with E-state index in [0.29, 0.717) is 15.9 Å². The summed E-state index contributed by atoms with van der Waals surface area (Å²) >= 11 is 7.48. The molecule has 2 N–H and O–H groups in total. The second-order valence-electron chi connectivity index (χ2n) is 3.78. The van der Waals surface area contributed by atoms with Crippen LogP contribution in [-0.2, 0) is 0 Å². The Bertz CT molecular complexity index is 540. The number of anilines is 1. The van der Waals surface area contributed by atoms with Gasteiger partial charge in [-0.1, -0.05) is 11.6 Å². The van der Waals surface area contributed by atoms with Gasteiger partial charge in [0, 0.05) is 17.3 Å². The molecule has 0 saturated carbocycles. The Kier molecular flexibility index (Phi) is 3.54. The first-order valence-corrected chi connectivity index (χ1v) is 6.28. The van der Waals surface area contributed by atoms with Crippen molar-refractivity contribution in [3.05, 3.63) is 40.7 Å². The van der Waals surface area contributed by atoms with Crippen LogP contribution in [0.4, 0.5) is 5.69 Å². The molecule has 0 spiro atoms. The van der Waals surface area contributed by atoms with Gasteiger partial charge in [0.15, 0.2) is 5.16 Å². The number of hydrogen-bond acceptors (Lipinski definition) is 4. The number of hydrogen-bond donors (Lipinski definition) is 1. The van der Waals surface area contributed by atoms with Crippen LogP contribution in [0.1, 0.15) is 11.1 Å². The van der Waals surface area contributed by atoms with Gasteiger partial charge in [-0.3, -0.25) is 0 Å². The molecule has 0 saturated heterocycles. The number of benzene rings is 1. The minimum atomic E-state index is 0.560. The van der Waals surface area contributed by atoms with Crippen molar-refractivity contribution >= 4 is 29.1 Å². The number of nitrogens with zero attached hydrogens (tertiary/aromatic N) is 2. The molecule has 1 heterocycles. The normalized spacial score (nSPS) is 10.5. The summed E-state index contributed by atoms with van der Waals surface area (Å²) in [5.41, 5.74) is 8.44. The fourth-order valence-electron chi connectivity index (χ4n) is 1.33. The van der Waals surface area contributed by atoms with Crippen molar-refractivity contribution in [3.8, 4) is 0 Å². The Balaban J connectivity index is 2.30. The first kappa shape index (κ1) is 12.2. The average molecular weight is 266 g/mol. The molecule has 88 valence electrons. The van der Waals surface area contributed by atoms with Gasteiger partial charge in [-0.2, -0.15) is 0 Å². The Morgan fingerprint density at radius 3 is 2.47 bits per heavy atom. The van der Waals surface area contributed by atoms with Gasteiger partial charge in [0.2, 0.25) is 0 Å². The van der Waals surface area contributed by atoms with Crippen LogP contribution in [0.3, 0.4) is 0 Å². The van der Waals surface area contributed by atoms with Crippen LogP contribution in [0.5, 0.6) is 0 Å². The third-order valence-electron chi connectivity index (χ3n) is 2.25. The van der Waals surface area contributed by atoms with Crippen LogP contribution in [0.25, 0.3) is 0 Å². The monoisotopic (exact) mass is 265 g/mol. The van der Waals surface area contributed by atoms with Crippen LogP contribution < -0.4 is 5.73 Å². The van der Waals surface area contributed by atoms with E-state index in [0.717, 1.165) is 16.0 Å². The molecule has 0 aliphatic carbocycles. The molecule has 3 nitrogen and oxygen atoms in total. The lowest BCUT2D eigenvalue weighted by molar-refractivity contribution is 0.949. The van der Waals surface area contributed by atoms with Gasteiger partial charge in [-0.15, -0.1) is 0 Å². The highest BCUT2D eigenvalue weighted by atomic mass is 35.5. The third kappa shape index (κ3) is 2.90. The minimum Gasteiger partial charge on any atom is -0.398 e. The first-order valence-electron chi connectivity index (χ1n) is 5.08. The standard InChI is InChI=1S/C12H12ClN3S/c1-7-5-15-12(16-6-7)17-11-4-9(13)10(14)3-8(11)2/h3-6H,14H2,1-2H3. The zero-order valence-electron chi connectivity index (χ0n) is 9.57. The van der Waals surface area contributed by atoms with Gasteiger partial charge < -0.3 is 5.73 Å². The lowest BCUT2D eigenvalue weighted by atomic mass is 10.2. The van der Waals surface area contributed by atoms with Crippen LogP contribution in [0, 0.1) is 13.8 Å². The zero-order valence-corrected chi connectivity index (χ0v) is 11.1. The summed E-state index contributed by atoms with van der Waals surface area (Å²) < 4.78 is 0. The quantitative estimate of drug-likeness (QED) is 0.667. The van der Waals surface area contributed by atoms with Gasteiger partial charge in [-0.25, -0.2) is 9.97 Å². The molecule has 0 atom stereocenters. The number of aryl methyl sites for hydroxylation is 2. The minimum absolute atomic E-state index is 0.560. The molecular weight excluding hydrogens is 254 g/mol. The predicted octanol–water partition coefficient (Wildman–Crippen LogP) is 3.48. The average Bonchev–Trinajstić information content (AvgIpc) is 2.29. The number of aromatic nitrogens is 2. The molecule has 0 bridgehead atoms. The largest absolute Gasteiger partial charge is 0.398 e. The Morgan fingerprint density at radius 1 is 1.18 bits per heavy atom. The molecule has 0 aliphatic heterocycles. The van der Waals surface area contributed by atoms with Crippen molar-refractivity contribution in [1.82, 2.24) is 9.97 Å². The van der Waals surface area contributed by atoms with Gasteiger partial charge in [0.05, 0.1) is 10.7 Å². The molecule has 17 heavy (non-hydrogen) atoms. The Morgan fingerprint density at radius 2 is 1.82 bits per heavy atom. The summed E-state index contributed by atoms with van der Waals surface area (Å²) in [6.45, 7) is 3.95. The van der Waals surface area contributed by atoms with Gasteiger partial charge >= 0.3 is 0 Å². The topological polar surface area (TPSA) is 51.8 Å². The van der Waals surface area contributed by atoms with E-state index in [4.69, 9.17) is 17.3 Å². The van der Waals surface area contributed by atoms with Crippen molar-refractivity contribution in [2.75, 3.05) is 5.73 Å². The summed E-state index contributed by atoms with van der Waals surface area (Å²) in [7, 11) is 0. The zero-order chi connectivity index (χ0) is 12.4. The van der Waals surface area contributed by atoms with Gasteiger partial charge in [0.1, 0.15) is 0 Å². The van der Waals surface area contributed by atoms with Gasteiger partial charge in [-0.05, 0) is 48.9 Å². The van der Waals surface area contributed by atoms with E-state index in [1.807, 2.05) is 26.0 Å². The van der Waals surface area contributed by atoms with Crippen molar-refractivity contribution in [2.45, 2.75) is 23.9 Å². The SMILES string of the molecule is Cc1cnc(Sc2cc(Cl)c(N)cc2C)nc1. The van der Waals surface area contributed by atoms with Crippen molar-refractivity contribution in [2.24, 2.45) is 0 Å². The van der Waals surface area contributed by atoms with Crippen LogP contribution in [0.2, 0.25) is 5.02 Å². The second-order valence-corrected chi connectivity index (χ2v) is 5.20. The maximum atomic E-state index is 6.00. The molecule has 0 fully saturated rings. The van der Waals surface area contributed by atoms with Crippen molar-refractivity contribution in [3.63, 3.8) is 0 Å². The second kappa shape index (κ2) is 4.94. The third-order valence-corrected chi connectivity index (χ3v) is 3.63. The van der Waals surface area contributed by atoms with Crippen LogP contribution in [-0.4, -0.2) is 9.97 Å². The molecule has 2 rings (SSSR count). The number of nitrogens with two attached hydrogens (primary N) is 1. The Labute approximate surface area is 109 Å². The molecule has 0 amide bonds. The number of nitrogen functional groups attached to an aromatic ring is 1. The summed E-state index contributed by atoms with van der Waals surface area (Å²) in [5.74, 6) is 0. The highest BCUT2D eigenvalue weighted by molar-refractivity contribution is 7.99. The summed E-state index contributed by atoms with van der Waals surface area (Å²) in [5, 5.41) is 1.27. The lowest BCUT2D eigenvalue weighted by Gasteiger charge is -2.07.